The summed E-state index contributed by atoms with van der Waals surface area (Å²) >= 11 is 0. The highest BCUT2D eigenvalue weighted by atomic mass is 16.2. The van der Waals surface area contributed by atoms with Crippen LogP contribution < -0.4 is 4.90 Å². The average Bonchev–Trinajstić information content (AvgIpc) is 3.05. The number of fused-ring (bicyclic) bond motifs is 1. The summed E-state index contributed by atoms with van der Waals surface area (Å²) in [7, 11) is 0. The van der Waals surface area contributed by atoms with Crippen LogP contribution in [0.25, 0.3) is 5.57 Å². The molecule has 0 aliphatic carbocycles. The Bertz CT molecular complexity index is 1210. The number of hydrogen-bond donors (Lipinski definition) is 0. The van der Waals surface area contributed by atoms with Gasteiger partial charge in [-0.25, -0.2) is 4.90 Å². The van der Waals surface area contributed by atoms with Gasteiger partial charge in [0.15, 0.2) is 0 Å². The van der Waals surface area contributed by atoms with Gasteiger partial charge in [0.2, 0.25) is 0 Å². The van der Waals surface area contributed by atoms with Crippen molar-refractivity contribution in [1.29, 1.82) is 0 Å². The van der Waals surface area contributed by atoms with Gasteiger partial charge >= 0.3 is 0 Å². The number of rotatable bonds is 3. The van der Waals surface area contributed by atoms with Crippen LogP contribution in [0.3, 0.4) is 0 Å². The first-order valence-corrected chi connectivity index (χ1v) is 10.6. The standard InChI is InChI=1S/C27H24N2O2/c1-18-7-11-21(12-8-18)24-25(28-16-15-20-5-3-4-6-22(20)17-28)27(31)29(26(24)30)23-13-9-19(2)10-14-23/h3-14H,15-17H2,1-2H3. The zero-order valence-corrected chi connectivity index (χ0v) is 17.8. The van der Waals surface area contributed by atoms with Gasteiger partial charge in [-0.3, -0.25) is 9.59 Å². The molecular weight excluding hydrogens is 384 g/mol. The van der Waals surface area contributed by atoms with Crippen molar-refractivity contribution in [3.63, 3.8) is 0 Å². The molecule has 0 saturated heterocycles. The highest BCUT2D eigenvalue weighted by molar-refractivity contribution is 6.45. The van der Waals surface area contributed by atoms with E-state index in [0.29, 0.717) is 30.0 Å². The molecule has 0 unspecified atom stereocenters. The van der Waals surface area contributed by atoms with Crippen LogP contribution in [-0.4, -0.2) is 23.3 Å². The molecular formula is C27H24N2O2. The molecule has 0 bridgehead atoms. The molecule has 0 radical (unpaired) electrons. The highest BCUT2D eigenvalue weighted by Gasteiger charge is 2.43. The molecule has 2 aliphatic heterocycles. The molecule has 0 atom stereocenters. The number of amides is 2. The summed E-state index contributed by atoms with van der Waals surface area (Å²) in [6.45, 7) is 5.34. The minimum absolute atomic E-state index is 0.246. The summed E-state index contributed by atoms with van der Waals surface area (Å²) in [5.41, 5.74) is 7.10. The largest absolute Gasteiger partial charge is 0.362 e. The van der Waals surface area contributed by atoms with E-state index in [1.807, 2.05) is 68.4 Å². The van der Waals surface area contributed by atoms with E-state index >= 15 is 0 Å². The van der Waals surface area contributed by atoms with E-state index in [-0.39, 0.29) is 11.8 Å². The molecule has 0 spiro atoms. The SMILES string of the molecule is Cc1ccc(C2=C(N3CCc4ccccc4C3)C(=O)N(c3ccc(C)cc3)C2=O)cc1. The smallest absolute Gasteiger partial charge is 0.282 e. The van der Waals surface area contributed by atoms with Crippen molar-refractivity contribution in [2.45, 2.75) is 26.8 Å². The summed E-state index contributed by atoms with van der Waals surface area (Å²) in [5, 5.41) is 0. The van der Waals surface area contributed by atoms with Crippen molar-refractivity contribution in [2.75, 3.05) is 11.4 Å². The molecule has 5 rings (SSSR count). The van der Waals surface area contributed by atoms with Gasteiger partial charge in [0.1, 0.15) is 5.70 Å². The number of hydrogen-bond acceptors (Lipinski definition) is 3. The molecule has 31 heavy (non-hydrogen) atoms. The van der Waals surface area contributed by atoms with E-state index in [4.69, 9.17) is 0 Å². The zero-order chi connectivity index (χ0) is 21.5. The topological polar surface area (TPSA) is 40.6 Å². The fourth-order valence-electron chi connectivity index (χ4n) is 4.41. The third kappa shape index (κ3) is 3.34. The number of carbonyl (C=O) groups is 2. The van der Waals surface area contributed by atoms with Gasteiger partial charge < -0.3 is 4.90 Å². The Labute approximate surface area is 182 Å². The van der Waals surface area contributed by atoms with E-state index < -0.39 is 0 Å². The van der Waals surface area contributed by atoms with Crippen LogP contribution in [0.4, 0.5) is 5.69 Å². The molecule has 2 amide bonds. The number of benzene rings is 3. The minimum Gasteiger partial charge on any atom is -0.362 e. The normalized spacial score (nSPS) is 16.2. The fourth-order valence-corrected chi connectivity index (χ4v) is 4.41. The van der Waals surface area contributed by atoms with Crippen molar-refractivity contribution >= 4 is 23.1 Å². The second-order valence-corrected chi connectivity index (χ2v) is 8.31. The van der Waals surface area contributed by atoms with Crippen molar-refractivity contribution in [2.24, 2.45) is 0 Å². The third-order valence-electron chi connectivity index (χ3n) is 6.14. The third-order valence-corrected chi connectivity index (χ3v) is 6.14. The Morgan fingerprint density at radius 3 is 2.00 bits per heavy atom. The second kappa shape index (κ2) is 7.55. The maximum atomic E-state index is 13.7. The minimum atomic E-state index is -0.258. The summed E-state index contributed by atoms with van der Waals surface area (Å²) in [6.07, 6.45) is 0.854. The van der Waals surface area contributed by atoms with Crippen molar-refractivity contribution in [3.05, 3.63) is 106 Å². The average molecular weight is 409 g/mol. The maximum absolute atomic E-state index is 13.7. The fraction of sp³-hybridized carbons (Fsp3) is 0.185. The summed E-state index contributed by atoms with van der Waals surface area (Å²) in [4.78, 5) is 30.7. The molecule has 3 aromatic rings. The molecule has 0 fully saturated rings. The van der Waals surface area contributed by atoms with Crippen LogP contribution in [0.5, 0.6) is 0 Å². The summed E-state index contributed by atoms with van der Waals surface area (Å²) in [5.74, 6) is -0.504. The summed E-state index contributed by atoms with van der Waals surface area (Å²) < 4.78 is 0. The Morgan fingerprint density at radius 2 is 1.32 bits per heavy atom. The first-order valence-electron chi connectivity index (χ1n) is 10.6. The number of nitrogens with zero attached hydrogens (tertiary/aromatic N) is 2. The van der Waals surface area contributed by atoms with Crippen LogP contribution >= 0.6 is 0 Å². The van der Waals surface area contributed by atoms with E-state index in [2.05, 4.69) is 23.1 Å². The maximum Gasteiger partial charge on any atom is 0.282 e. The monoisotopic (exact) mass is 408 g/mol. The predicted octanol–water partition coefficient (Wildman–Crippen LogP) is 4.65. The molecule has 0 N–H and O–H groups in total. The van der Waals surface area contributed by atoms with Crippen molar-refractivity contribution in [1.82, 2.24) is 4.90 Å². The highest BCUT2D eigenvalue weighted by Crippen LogP contribution is 2.36. The quantitative estimate of drug-likeness (QED) is 0.593. The molecule has 154 valence electrons. The van der Waals surface area contributed by atoms with Crippen LogP contribution in [-0.2, 0) is 22.6 Å². The van der Waals surface area contributed by atoms with E-state index in [9.17, 15) is 9.59 Å². The molecule has 2 aliphatic rings. The molecule has 2 heterocycles. The van der Waals surface area contributed by atoms with Crippen LogP contribution in [0, 0.1) is 13.8 Å². The second-order valence-electron chi connectivity index (χ2n) is 8.31. The van der Waals surface area contributed by atoms with Gasteiger partial charge in [0.05, 0.1) is 11.3 Å². The molecule has 0 aromatic heterocycles. The van der Waals surface area contributed by atoms with E-state index in [1.165, 1.54) is 16.0 Å². The first kappa shape index (κ1) is 19.3. The van der Waals surface area contributed by atoms with E-state index in [1.54, 1.807) is 0 Å². The Kier molecular flexibility index (Phi) is 4.70. The Morgan fingerprint density at radius 1 is 0.710 bits per heavy atom. The predicted molar refractivity (Wildman–Crippen MR) is 122 cm³/mol. The molecule has 0 saturated carbocycles. The van der Waals surface area contributed by atoms with Crippen molar-refractivity contribution < 1.29 is 9.59 Å². The van der Waals surface area contributed by atoms with Gasteiger partial charge in [-0.1, -0.05) is 71.8 Å². The van der Waals surface area contributed by atoms with Crippen LogP contribution in [0.1, 0.15) is 27.8 Å². The Balaban J connectivity index is 1.61. The lowest BCUT2D eigenvalue weighted by molar-refractivity contribution is -0.120. The number of carbonyl (C=O) groups excluding carboxylic acids is 2. The first-order chi connectivity index (χ1) is 15.0. The number of imide groups is 1. The lowest BCUT2D eigenvalue weighted by Gasteiger charge is -2.31. The van der Waals surface area contributed by atoms with E-state index in [0.717, 1.165) is 23.1 Å². The summed E-state index contributed by atoms with van der Waals surface area (Å²) in [6, 6.07) is 23.7. The zero-order valence-electron chi connectivity index (χ0n) is 17.8. The Hall–Kier alpha value is -3.66. The van der Waals surface area contributed by atoms with Gasteiger partial charge in [0.25, 0.3) is 11.8 Å². The van der Waals surface area contributed by atoms with Crippen LogP contribution in [0.15, 0.2) is 78.5 Å². The molecule has 3 aromatic carbocycles. The lowest BCUT2D eigenvalue weighted by atomic mass is 9.97. The lowest BCUT2D eigenvalue weighted by Crippen LogP contribution is -2.37. The molecule has 4 heteroatoms. The van der Waals surface area contributed by atoms with Gasteiger partial charge in [-0.2, -0.15) is 0 Å². The number of aryl methyl sites for hydroxylation is 2. The number of anilines is 1. The molecule has 4 nitrogen and oxygen atoms in total. The van der Waals surface area contributed by atoms with Crippen molar-refractivity contribution in [3.8, 4) is 0 Å². The van der Waals surface area contributed by atoms with Gasteiger partial charge in [0, 0.05) is 13.1 Å². The van der Waals surface area contributed by atoms with Gasteiger partial charge in [-0.05, 0) is 49.1 Å². The van der Waals surface area contributed by atoms with Crippen LogP contribution in [0.2, 0.25) is 0 Å². The van der Waals surface area contributed by atoms with Gasteiger partial charge in [-0.15, -0.1) is 0 Å².